The van der Waals surface area contributed by atoms with Crippen LogP contribution in [0.3, 0.4) is 0 Å². The van der Waals surface area contributed by atoms with Crippen LogP contribution in [0.15, 0.2) is 91.0 Å². The minimum Gasteiger partial charge on any atom is -0.497 e. The average Bonchev–Trinajstić information content (AvgIpc) is 3.24. The first-order chi connectivity index (χ1) is 18.3. The molecule has 5 rings (SSSR count). The molecule has 39 heavy (non-hydrogen) atoms. The molecule has 9 heteroatoms. The number of fused-ring (bicyclic) bond motifs is 1. The average molecular weight is 551 g/mol. The molecule has 1 heterocycles. The Bertz CT molecular complexity index is 1500. The number of ether oxygens (including phenoxy) is 2. The van der Waals surface area contributed by atoms with Gasteiger partial charge in [-0.05, 0) is 53.4 Å². The van der Waals surface area contributed by atoms with E-state index in [0.717, 1.165) is 11.6 Å². The van der Waals surface area contributed by atoms with E-state index in [4.69, 9.17) is 15.2 Å². The zero-order valence-electron chi connectivity index (χ0n) is 20.8. The molecule has 1 amide bonds. The Hall–Kier alpha value is -4.27. The summed E-state index contributed by atoms with van der Waals surface area (Å²) in [7, 11) is 1.52. The molecular formula is C30H25ClF2N2O4. The second kappa shape index (κ2) is 11.2. The molecule has 1 unspecified atom stereocenters. The lowest BCUT2D eigenvalue weighted by molar-refractivity contribution is -0.135. The van der Waals surface area contributed by atoms with E-state index in [1.54, 1.807) is 48.5 Å². The van der Waals surface area contributed by atoms with Crippen LogP contribution >= 0.6 is 12.4 Å². The molecule has 0 saturated carbocycles. The molecule has 0 fully saturated rings. The second-order valence-electron chi connectivity index (χ2n) is 8.96. The standard InChI is InChI=1S/C30H24F2N2O4.ClH/c1-37-21-11-7-19(8-12-21)30(23-15-16-24(31)26(32)27(23)34-29(30)36)20-9-13-22(14-10-20)38-28(35)25(33)17-18-5-3-2-4-6-18;/h2-16,25H,17,33H2,1H3,(H,34,36);1H/t25-,30?;/m0./s1. The van der Waals surface area contributed by atoms with Gasteiger partial charge in [0.1, 0.15) is 23.0 Å². The van der Waals surface area contributed by atoms with Gasteiger partial charge in [0, 0.05) is 5.56 Å². The first-order valence-electron chi connectivity index (χ1n) is 11.9. The molecule has 0 saturated heterocycles. The monoisotopic (exact) mass is 550 g/mol. The summed E-state index contributed by atoms with van der Waals surface area (Å²) >= 11 is 0. The van der Waals surface area contributed by atoms with Gasteiger partial charge in [-0.1, -0.05) is 60.7 Å². The predicted molar refractivity (Wildman–Crippen MR) is 145 cm³/mol. The highest BCUT2D eigenvalue weighted by Crippen LogP contribution is 2.49. The number of halogens is 3. The van der Waals surface area contributed by atoms with Crippen LogP contribution < -0.4 is 20.5 Å². The fourth-order valence-electron chi connectivity index (χ4n) is 4.81. The number of hydrogen-bond acceptors (Lipinski definition) is 5. The summed E-state index contributed by atoms with van der Waals surface area (Å²) in [5, 5.41) is 2.52. The van der Waals surface area contributed by atoms with Crippen molar-refractivity contribution in [3.05, 3.63) is 125 Å². The highest BCUT2D eigenvalue weighted by atomic mass is 35.5. The van der Waals surface area contributed by atoms with Gasteiger partial charge >= 0.3 is 5.97 Å². The molecule has 0 spiro atoms. The lowest BCUT2D eigenvalue weighted by Crippen LogP contribution is -2.37. The minimum absolute atomic E-state index is 0. The van der Waals surface area contributed by atoms with Crippen molar-refractivity contribution in [2.24, 2.45) is 5.73 Å². The summed E-state index contributed by atoms with van der Waals surface area (Å²) in [6, 6.07) is 24.0. The van der Waals surface area contributed by atoms with Crippen molar-refractivity contribution in [1.82, 2.24) is 0 Å². The topological polar surface area (TPSA) is 90.7 Å². The normalized spacial score (nSPS) is 16.5. The number of methoxy groups -OCH3 is 1. The Morgan fingerprint density at radius 3 is 2.08 bits per heavy atom. The van der Waals surface area contributed by atoms with Crippen LogP contribution in [-0.4, -0.2) is 25.0 Å². The Balaban J connectivity index is 0.00000353. The summed E-state index contributed by atoms with van der Waals surface area (Å²) in [4.78, 5) is 26.2. The zero-order chi connectivity index (χ0) is 26.9. The van der Waals surface area contributed by atoms with E-state index in [1.807, 2.05) is 30.3 Å². The van der Waals surface area contributed by atoms with Gasteiger partial charge in [-0.3, -0.25) is 4.79 Å². The van der Waals surface area contributed by atoms with E-state index in [0.29, 0.717) is 23.3 Å². The van der Waals surface area contributed by atoms with Gasteiger partial charge in [0.2, 0.25) is 5.91 Å². The van der Waals surface area contributed by atoms with Crippen molar-refractivity contribution in [3.8, 4) is 11.5 Å². The SMILES string of the molecule is COc1ccc(C2(c3ccc(OC(=O)[C@@H](N)Cc4ccccc4)cc3)C(=O)Nc3c2ccc(F)c3F)cc1.Cl. The third-order valence-corrected chi connectivity index (χ3v) is 6.71. The van der Waals surface area contributed by atoms with Crippen LogP contribution in [0.4, 0.5) is 14.5 Å². The first kappa shape index (κ1) is 27.8. The van der Waals surface area contributed by atoms with E-state index in [1.165, 1.54) is 13.2 Å². The van der Waals surface area contributed by atoms with Gasteiger partial charge in [0.15, 0.2) is 11.6 Å². The van der Waals surface area contributed by atoms with Crippen LogP contribution in [0.1, 0.15) is 22.3 Å². The van der Waals surface area contributed by atoms with Gasteiger partial charge in [-0.25, -0.2) is 13.6 Å². The van der Waals surface area contributed by atoms with Crippen molar-refractivity contribution < 1.29 is 27.8 Å². The van der Waals surface area contributed by atoms with Crippen LogP contribution in [0, 0.1) is 11.6 Å². The van der Waals surface area contributed by atoms with Gasteiger partial charge in [-0.15, -0.1) is 12.4 Å². The highest BCUT2D eigenvalue weighted by molar-refractivity contribution is 6.11. The zero-order valence-corrected chi connectivity index (χ0v) is 21.6. The molecule has 200 valence electrons. The number of carbonyl (C=O) groups excluding carboxylic acids is 2. The predicted octanol–water partition coefficient (Wildman–Crippen LogP) is 5.16. The maximum atomic E-state index is 14.7. The maximum Gasteiger partial charge on any atom is 0.328 e. The number of amides is 1. The first-order valence-corrected chi connectivity index (χ1v) is 11.9. The summed E-state index contributed by atoms with van der Waals surface area (Å²) in [6.07, 6.45) is 0.317. The molecular weight excluding hydrogens is 526 g/mol. The number of esters is 1. The van der Waals surface area contributed by atoms with Crippen molar-refractivity contribution in [3.63, 3.8) is 0 Å². The summed E-state index contributed by atoms with van der Waals surface area (Å²) < 4.78 is 39.5. The quantitative estimate of drug-likeness (QED) is 0.245. The van der Waals surface area contributed by atoms with Crippen LogP contribution in [0.2, 0.25) is 0 Å². The van der Waals surface area contributed by atoms with E-state index < -0.39 is 35.0 Å². The Morgan fingerprint density at radius 2 is 1.49 bits per heavy atom. The molecule has 1 aliphatic rings. The summed E-state index contributed by atoms with van der Waals surface area (Å²) in [6.45, 7) is 0. The van der Waals surface area contributed by atoms with Crippen LogP contribution in [-0.2, 0) is 21.4 Å². The van der Waals surface area contributed by atoms with Crippen molar-refractivity contribution in [2.75, 3.05) is 12.4 Å². The van der Waals surface area contributed by atoms with Gasteiger partial charge in [-0.2, -0.15) is 0 Å². The fourth-order valence-corrected chi connectivity index (χ4v) is 4.81. The molecule has 2 atom stereocenters. The van der Waals surface area contributed by atoms with E-state index in [-0.39, 0.29) is 29.4 Å². The molecule has 0 aromatic heterocycles. The summed E-state index contributed by atoms with van der Waals surface area (Å²) in [5.41, 5.74) is 6.51. The molecule has 0 radical (unpaired) electrons. The number of hydrogen-bond donors (Lipinski definition) is 2. The van der Waals surface area contributed by atoms with E-state index >= 15 is 0 Å². The van der Waals surface area contributed by atoms with Crippen molar-refractivity contribution in [1.29, 1.82) is 0 Å². The van der Waals surface area contributed by atoms with Gasteiger partial charge < -0.3 is 20.5 Å². The molecule has 3 N–H and O–H groups in total. The van der Waals surface area contributed by atoms with Gasteiger partial charge in [0.25, 0.3) is 0 Å². The largest absolute Gasteiger partial charge is 0.497 e. The highest BCUT2D eigenvalue weighted by Gasteiger charge is 2.51. The van der Waals surface area contributed by atoms with Gasteiger partial charge in [0.05, 0.1) is 12.8 Å². The molecule has 0 aliphatic carbocycles. The number of rotatable bonds is 7. The molecule has 4 aromatic rings. The van der Waals surface area contributed by atoms with E-state index in [2.05, 4.69) is 5.32 Å². The van der Waals surface area contributed by atoms with Crippen molar-refractivity contribution >= 4 is 30.0 Å². The van der Waals surface area contributed by atoms with Crippen LogP contribution in [0.25, 0.3) is 0 Å². The number of benzene rings is 4. The molecule has 1 aliphatic heterocycles. The lowest BCUT2D eigenvalue weighted by Gasteiger charge is -2.29. The Kier molecular flexibility index (Phi) is 7.99. The number of carbonyl (C=O) groups is 2. The summed E-state index contributed by atoms with van der Waals surface area (Å²) in [5.74, 6) is -2.55. The number of nitrogens with two attached hydrogens (primary N) is 1. The fraction of sp³-hybridized carbons (Fsp3) is 0.133. The van der Waals surface area contributed by atoms with E-state index in [9.17, 15) is 18.4 Å². The molecule has 4 aromatic carbocycles. The lowest BCUT2D eigenvalue weighted by atomic mass is 9.70. The maximum absolute atomic E-state index is 14.7. The molecule has 6 nitrogen and oxygen atoms in total. The smallest absolute Gasteiger partial charge is 0.328 e. The Labute approximate surface area is 230 Å². The number of nitrogens with one attached hydrogen (secondary N) is 1. The third-order valence-electron chi connectivity index (χ3n) is 6.71. The Morgan fingerprint density at radius 1 is 0.897 bits per heavy atom. The third kappa shape index (κ3) is 4.96. The second-order valence-corrected chi connectivity index (χ2v) is 8.96. The number of anilines is 1. The van der Waals surface area contributed by atoms with Crippen LogP contribution in [0.5, 0.6) is 11.5 Å². The molecule has 0 bridgehead atoms. The van der Waals surface area contributed by atoms with Crippen molar-refractivity contribution in [2.45, 2.75) is 17.9 Å². The minimum atomic E-state index is -1.48.